The van der Waals surface area contributed by atoms with Gasteiger partial charge in [-0.15, -0.1) is 0 Å². The van der Waals surface area contributed by atoms with E-state index in [0.717, 1.165) is 0 Å². The molecule has 0 atom stereocenters. The van der Waals surface area contributed by atoms with E-state index < -0.39 is 0 Å². The van der Waals surface area contributed by atoms with E-state index in [1.165, 1.54) is 0 Å². The molecular weight excluding hydrogens is 186 g/mol. The summed E-state index contributed by atoms with van der Waals surface area (Å²) in [5.74, 6) is 0.0207. The van der Waals surface area contributed by atoms with Crippen molar-refractivity contribution in [3.63, 3.8) is 0 Å². The maximum atomic E-state index is 11.6. The first-order chi connectivity index (χ1) is 6.99. The van der Waals surface area contributed by atoms with Gasteiger partial charge in [0.05, 0.1) is 0 Å². The minimum absolute atomic E-state index is 0.00648. The second kappa shape index (κ2) is 4.78. The molecule has 2 nitrogen and oxygen atoms in total. The van der Waals surface area contributed by atoms with E-state index in [-0.39, 0.29) is 11.3 Å². The normalized spacial score (nSPS) is 11.7. The first-order valence-electron chi connectivity index (χ1n) is 5.03. The summed E-state index contributed by atoms with van der Waals surface area (Å²) in [6, 6.07) is 9.23. The number of nitrogens with one attached hydrogen (secondary N) is 1. The molecule has 1 rings (SSSR count). The third-order valence-corrected chi connectivity index (χ3v) is 1.81. The molecule has 0 bridgehead atoms. The van der Waals surface area contributed by atoms with Crippen molar-refractivity contribution in [2.45, 2.75) is 26.3 Å². The number of rotatable bonds is 3. The van der Waals surface area contributed by atoms with Gasteiger partial charge in [-0.1, -0.05) is 30.3 Å². The van der Waals surface area contributed by atoms with Crippen molar-refractivity contribution in [2.24, 2.45) is 0 Å². The standard InChI is InChI=1S/C13H17NO/c1-13(2,3)14-10-9-12(15)11-7-5-4-6-8-11/h4-10,14H,1-3H3/b10-9+. The fourth-order valence-corrected chi connectivity index (χ4v) is 1.07. The number of benzene rings is 1. The number of carbonyl (C=O) groups excluding carboxylic acids is 1. The smallest absolute Gasteiger partial charge is 0.187 e. The molecule has 0 aliphatic heterocycles. The summed E-state index contributed by atoms with van der Waals surface area (Å²) >= 11 is 0. The minimum atomic E-state index is -0.00648. The summed E-state index contributed by atoms with van der Waals surface area (Å²) in [7, 11) is 0. The van der Waals surface area contributed by atoms with Crippen LogP contribution in [0.15, 0.2) is 42.6 Å². The van der Waals surface area contributed by atoms with Gasteiger partial charge in [0.1, 0.15) is 0 Å². The Kier molecular flexibility index (Phi) is 3.67. The highest BCUT2D eigenvalue weighted by molar-refractivity contribution is 6.04. The van der Waals surface area contributed by atoms with Crippen LogP contribution in [0.4, 0.5) is 0 Å². The quantitative estimate of drug-likeness (QED) is 0.604. The molecule has 80 valence electrons. The van der Waals surface area contributed by atoms with Crippen LogP contribution in [0.1, 0.15) is 31.1 Å². The Morgan fingerprint density at radius 1 is 1.20 bits per heavy atom. The zero-order valence-electron chi connectivity index (χ0n) is 9.45. The molecular formula is C13H17NO. The van der Waals surface area contributed by atoms with Crippen LogP contribution in [-0.4, -0.2) is 11.3 Å². The van der Waals surface area contributed by atoms with E-state index in [9.17, 15) is 4.79 Å². The van der Waals surface area contributed by atoms with Crippen molar-refractivity contribution in [2.75, 3.05) is 0 Å². The highest BCUT2D eigenvalue weighted by atomic mass is 16.1. The van der Waals surface area contributed by atoms with Crippen molar-refractivity contribution in [3.8, 4) is 0 Å². The first kappa shape index (κ1) is 11.5. The van der Waals surface area contributed by atoms with Gasteiger partial charge in [0, 0.05) is 23.4 Å². The number of hydrogen-bond donors (Lipinski definition) is 1. The van der Waals surface area contributed by atoms with E-state index in [4.69, 9.17) is 0 Å². The molecule has 1 aromatic carbocycles. The SMILES string of the molecule is CC(C)(C)N/C=C/C(=O)c1ccccc1. The molecule has 1 N–H and O–H groups in total. The zero-order chi connectivity index (χ0) is 11.3. The van der Waals surface area contributed by atoms with Crippen molar-refractivity contribution >= 4 is 5.78 Å². The van der Waals surface area contributed by atoms with E-state index in [0.29, 0.717) is 5.56 Å². The van der Waals surface area contributed by atoms with E-state index >= 15 is 0 Å². The predicted octanol–water partition coefficient (Wildman–Crippen LogP) is 2.77. The van der Waals surface area contributed by atoms with Gasteiger partial charge < -0.3 is 5.32 Å². The van der Waals surface area contributed by atoms with Gasteiger partial charge in [0.15, 0.2) is 5.78 Å². The van der Waals surface area contributed by atoms with Crippen molar-refractivity contribution in [3.05, 3.63) is 48.2 Å². The Balaban J connectivity index is 2.57. The third kappa shape index (κ3) is 4.45. The first-order valence-corrected chi connectivity index (χ1v) is 5.03. The van der Waals surface area contributed by atoms with Crippen LogP contribution in [-0.2, 0) is 0 Å². The molecule has 0 radical (unpaired) electrons. The van der Waals surface area contributed by atoms with Crippen molar-refractivity contribution < 1.29 is 4.79 Å². The highest BCUT2D eigenvalue weighted by Crippen LogP contribution is 2.02. The minimum Gasteiger partial charge on any atom is -0.386 e. The van der Waals surface area contributed by atoms with Crippen LogP contribution >= 0.6 is 0 Å². The van der Waals surface area contributed by atoms with Gasteiger partial charge in [-0.25, -0.2) is 0 Å². The average Bonchev–Trinajstić information content (AvgIpc) is 2.17. The van der Waals surface area contributed by atoms with Crippen LogP contribution in [0.3, 0.4) is 0 Å². The molecule has 0 fully saturated rings. The molecule has 0 aliphatic carbocycles. The summed E-state index contributed by atoms with van der Waals surface area (Å²) in [5, 5.41) is 3.12. The molecule has 0 saturated carbocycles. The molecule has 0 aromatic heterocycles. The van der Waals surface area contributed by atoms with Crippen LogP contribution in [0.2, 0.25) is 0 Å². The van der Waals surface area contributed by atoms with E-state index in [2.05, 4.69) is 5.32 Å². The van der Waals surface area contributed by atoms with Crippen molar-refractivity contribution in [1.29, 1.82) is 0 Å². The fraction of sp³-hybridized carbons (Fsp3) is 0.308. The number of ketones is 1. The molecule has 15 heavy (non-hydrogen) atoms. The topological polar surface area (TPSA) is 29.1 Å². The highest BCUT2D eigenvalue weighted by Gasteiger charge is 2.05. The summed E-state index contributed by atoms with van der Waals surface area (Å²) in [6.07, 6.45) is 3.26. The maximum absolute atomic E-state index is 11.6. The molecule has 0 aliphatic rings. The summed E-state index contributed by atoms with van der Waals surface area (Å²) in [5.41, 5.74) is 0.706. The van der Waals surface area contributed by atoms with Crippen molar-refractivity contribution in [1.82, 2.24) is 5.32 Å². The lowest BCUT2D eigenvalue weighted by Gasteiger charge is -2.18. The molecule has 0 spiro atoms. The largest absolute Gasteiger partial charge is 0.386 e. The van der Waals surface area contributed by atoms with E-state index in [1.807, 2.05) is 51.1 Å². The van der Waals surface area contributed by atoms with Crippen LogP contribution in [0.5, 0.6) is 0 Å². The maximum Gasteiger partial charge on any atom is 0.187 e. The lowest BCUT2D eigenvalue weighted by Crippen LogP contribution is -2.31. The molecule has 2 heteroatoms. The van der Waals surface area contributed by atoms with Gasteiger partial charge >= 0.3 is 0 Å². The van der Waals surface area contributed by atoms with Crippen LogP contribution in [0, 0.1) is 0 Å². The zero-order valence-corrected chi connectivity index (χ0v) is 9.45. The monoisotopic (exact) mass is 203 g/mol. The van der Waals surface area contributed by atoms with Gasteiger partial charge in [-0.05, 0) is 20.8 Å². The Bertz CT molecular complexity index is 347. The second-order valence-electron chi connectivity index (χ2n) is 4.46. The predicted molar refractivity (Wildman–Crippen MR) is 62.8 cm³/mol. The molecule has 0 heterocycles. The summed E-state index contributed by atoms with van der Waals surface area (Å²) < 4.78 is 0. The van der Waals surface area contributed by atoms with Gasteiger partial charge in [0.2, 0.25) is 0 Å². The molecule has 0 amide bonds. The Labute approximate surface area is 91.0 Å². The van der Waals surface area contributed by atoms with Gasteiger partial charge in [-0.2, -0.15) is 0 Å². The van der Waals surface area contributed by atoms with Crippen LogP contribution in [0.25, 0.3) is 0 Å². The lowest BCUT2D eigenvalue weighted by atomic mass is 10.1. The number of hydrogen-bond acceptors (Lipinski definition) is 2. The Morgan fingerprint density at radius 2 is 1.80 bits per heavy atom. The lowest BCUT2D eigenvalue weighted by molar-refractivity contribution is 0.104. The van der Waals surface area contributed by atoms with Gasteiger partial charge in [0.25, 0.3) is 0 Å². The Hall–Kier alpha value is -1.57. The van der Waals surface area contributed by atoms with Crippen LogP contribution < -0.4 is 5.32 Å². The molecule has 0 unspecified atom stereocenters. The Morgan fingerprint density at radius 3 is 2.33 bits per heavy atom. The number of allylic oxidation sites excluding steroid dienone is 1. The summed E-state index contributed by atoms with van der Waals surface area (Å²) in [4.78, 5) is 11.6. The third-order valence-electron chi connectivity index (χ3n) is 1.81. The molecule has 0 saturated heterocycles. The second-order valence-corrected chi connectivity index (χ2v) is 4.46. The number of carbonyl (C=O) groups is 1. The fourth-order valence-electron chi connectivity index (χ4n) is 1.07. The summed E-state index contributed by atoms with van der Waals surface area (Å²) in [6.45, 7) is 6.14. The molecule has 1 aromatic rings. The van der Waals surface area contributed by atoms with E-state index in [1.54, 1.807) is 12.3 Å². The average molecular weight is 203 g/mol. The van der Waals surface area contributed by atoms with Gasteiger partial charge in [-0.3, -0.25) is 4.79 Å².